The highest BCUT2D eigenvalue weighted by atomic mass is 79.9. The van der Waals surface area contributed by atoms with E-state index in [1.54, 1.807) is 0 Å². The fourth-order valence-electron chi connectivity index (χ4n) is 2.00. The molecule has 0 spiro atoms. The normalized spacial score (nSPS) is 11.5. The fourth-order valence-corrected chi connectivity index (χ4v) is 2.37. The molecule has 0 aliphatic carbocycles. The smallest absolute Gasteiger partial charge is 0.0833 e. The highest BCUT2D eigenvalue weighted by Gasteiger charge is 2.10. The fraction of sp³-hybridized carbons (Fsp3) is 0.333. The van der Waals surface area contributed by atoms with E-state index < -0.39 is 0 Å². The van der Waals surface area contributed by atoms with Crippen molar-refractivity contribution in [3.05, 3.63) is 34.4 Å². The maximum atomic E-state index is 9.31. The van der Waals surface area contributed by atoms with Crippen molar-refractivity contribution in [3.63, 3.8) is 0 Å². The van der Waals surface area contributed by atoms with Gasteiger partial charge < -0.3 is 9.67 Å². The van der Waals surface area contributed by atoms with E-state index in [-0.39, 0.29) is 6.61 Å². The lowest BCUT2D eigenvalue weighted by Gasteiger charge is -2.13. The van der Waals surface area contributed by atoms with E-state index in [1.807, 2.05) is 12.1 Å². The summed E-state index contributed by atoms with van der Waals surface area (Å²) >= 11 is 3.45. The highest BCUT2D eigenvalue weighted by Crippen LogP contribution is 2.26. The van der Waals surface area contributed by atoms with E-state index in [0.29, 0.717) is 6.04 Å². The van der Waals surface area contributed by atoms with E-state index in [2.05, 4.69) is 46.5 Å². The number of hydrogen-bond acceptors (Lipinski definition) is 1. The molecule has 0 unspecified atom stereocenters. The zero-order valence-corrected chi connectivity index (χ0v) is 10.5. The summed E-state index contributed by atoms with van der Waals surface area (Å²) in [6.45, 7) is 4.34. The number of nitrogens with zero attached hydrogens (tertiary/aromatic N) is 1. The van der Waals surface area contributed by atoms with Gasteiger partial charge in [0.25, 0.3) is 0 Å². The molecule has 2 nitrogen and oxygen atoms in total. The molecule has 0 aliphatic heterocycles. The second-order valence-electron chi connectivity index (χ2n) is 3.96. The number of benzene rings is 1. The quantitative estimate of drug-likeness (QED) is 0.886. The summed E-state index contributed by atoms with van der Waals surface area (Å²) in [6, 6.07) is 8.60. The molecule has 0 radical (unpaired) electrons. The van der Waals surface area contributed by atoms with Crippen molar-refractivity contribution >= 4 is 26.8 Å². The Bertz CT molecular complexity index is 488. The third kappa shape index (κ3) is 1.82. The molecule has 2 rings (SSSR count). The predicted molar refractivity (Wildman–Crippen MR) is 65.9 cm³/mol. The molecule has 15 heavy (non-hydrogen) atoms. The minimum atomic E-state index is 0.0878. The Morgan fingerprint density at radius 1 is 1.33 bits per heavy atom. The third-order valence-electron chi connectivity index (χ3n) is 2.56. The van der Waals surface area contributed by atoms with Crippen LogP contribution in [0.15, 0.2) is 28.7 Å². The van der Waals surface area contributed by atoms with Gasteiger partial charge in [0, 0.05) is 27.1 Å². The second-order valence-corrected chi connectivity index (χ2v) is 4.88. The number of aromatic nitrogens is 1. The topological polar surface area (TPSA) is 25.2 Å². The van der Waals surface area contributed by atoms with Crippen LogP contribution in [0.3, 0.4) is 0 Å². The molecule has 0 aliphatic rings. The number of hydrogen-bond donors (Lipinski definition) is 1. The summed E-state index contributed by atoms with van der Waals surface area (Å²) in [5.41, 5.74) is 2.15. The molecule has 1 aromatic carbocycles. The molecule has 1 aromatic heterocycles. The van der Waals surface area contributed by atoms with Crippen molar-refractivity contribution < 1.29 is 5.11 Å². The molecule has 0 saturated heterocycles. The van der Waals surface area contributed by atoms with E-state index >= 15 is 0 Å². The largest absolute Gasteiger partial charge is 0.390 e. The lowest BCUT2D eigenvalue weighted by Crippen LogP contribution is -2.04. The van der Waals surface area contributed by atoms with Gasteiger partial charge in [0.1, 0.15) is 0 Å². The summed E-state index contributed by atoms with van der Waals surface area (Å²) in [5.74, 6) is 0. The van der Waals surface area contributed by atoms with Crippen LogP contribution in [0, 0.1) is 0 Å². The van der Waals surface area contributed by atoms with Gasteiger partial charge in [0.2, 0.25) is 0 Å². The van der Waals surface area contributed by atoms with Gasteiger partial charge in [-0.05, 0) is 38.1 Å². The first-order chi connectivity index (χ1) is 7.13. The summed E-state index contributed by atoms with van der Waals surface area (Å²) in [7, 11) is 0. The molecular weight excluding hydrogens is 254 g/mol. The predicted octanol–water partition coefficient (Wildman–Crippen LogP) is 3.48. The van der Waals surface area contributed by atoms with E-state index in [0.717, 1.165) is 10.2 Å². The average Bonchev–Trinajstić information content (AvgIpc) is 2.54. The van der Waals surface area contributed by atoms with Gasteiger partial charge in [-0.2, -0.15) is 0 Å². The summed E-state index contributed by atoms with van der Waals surface area (Å²) in [6.07, 6.45) is 0. The Balaban J connectivity index is 2.74. The number of aliphatic hydroxyl groups excluding tert-OH is 1. The Morgan fingerprint density at radius 2 is 2.07 bits per heavy atom. The molecule has 3 heteroatoms. The van der Waals surface area contributed by atoms with Crippen molar-refractivity contribution in [3.8, 4) is 0 Å². The first kappa shape index (κ1) is 10.7. The van der Waals surface area contributed by atoms with Crippen LogP contribution in [0.1, 0.15) is 25.6 Å². The van der Waals surface area contributed by atoms with Crippen LogP contribution in [-0.2, 0) is 6.61 Å². The van der Waals surface area contributed by atoms with Gasteiger partial charge in [-0.25, -0.2) is 0 Å². The summed E-state index contributed by atoms with van der Waals surface area (Å²) in [4.78, 5) is 0. The van der Waals surface area contributed by atoms with Gasteiger partial charge in [-0.3, -0.25) is 0 Å². The number of fused-ring (bicyclic) bond motifs is 1. The molecule has 0 amide bonds. The average molecular weight is 268 g/mol. The van der Waals surface area contributed by atoms with E-state index in [9.17, 15) is 5.11 Å². The van der Waals surface area contributed by atoms with Crippen molar-refractivity contribution in [2.45, 2.75) is 26.5 Å². The highest BCUT2D eigenvalue weighted by molar-refractivity contribution is 9.10. The standard InChI is InChI=1S/C12H14BrNO/c1-8(2)14-11(7-15)6-9-5-10(13)3-4-12(9)14/h3-6,8,15H,7H2,1-2H3. The van der Waals surface area contributed by atoms with E-state index in [1.165, 1.54) is 10.9 Å². The first-order valence-corrected chi connectivity index (χ1v) is 5.83. The van der Waals surface area contributed by atoms with Gasteiger partial charge in [-0.1, -0.05) is 15.9 Å². The molecule has 1 heterocycles. The molecule has 0 atom stereocenters. The zero-order valence-electron chi connectivity index (χ0n) is 8.87. The van der Waals surface area contributed by atoms with Crippen molar-refractivity contribution in [1.29, 1.82) is 0 Å². The molecule has 0 saturated carbocycles. The maximum Gasteiger partial charge on any atom is 0.0833 e. The Kier molecular flexibility index (Phi) is 2.85. The zero-order chi connectivity index (χ0) is 11.0. The van der Waals surface area contributed by atoms with Crippen LogP contribution in [0.5, 0.6) is 0 Å². The molecule has 0 fully saturated rings. The van der Waals surface area contributed by atoms with Crippen molar-refractivity contribution in [2.75, 3.05) is 0 Å². The minimum Gasteiger partial charge on any atom is -0.390 e. The Hall–Kier alpha value is -0.800. The molecule has 2 aromatic rings. The maximum absolute atomic E-state index is 9.31. The van der Waals surface area contributed by atoms with Crippen LogP contribution in [-0.4, -0.2) is 9.67 Å². The van der Waals surface area contributed by atoms with Crippen LogP contribution in [0.2, 0.25) is 0 Å². The number of aliphatic hydroxyl groups is 1. The van der Waals surface area contributed by atoms with E-state index in [4.69, 9.17) is 0 Å². The SMILES string of the molecule is CC(C)n1c(CO)cc2cc(Br)ccc21. The third-order valence-corrected chi connectivity index (χ3v) is 3.05. The molecule has 0 bridgehead atoms. The molecule has 80 valence electrons. The van der Waals surface area contributed by atoms with Gasteiger partial charge >= 0.3 is 0 Å². The summed E-state index contributed by atoms with van der Waals surface area (Å²) < 4.78 is 3.24. The number of rotatable bonds is 2. The molecule has 1 N–H and O–H groups in total. The second kappa shape index (κ2) is 3.99. The van der Waals surface area contributed by atoms with Crippen LogP contribution >= 0.6 is 15.9 Å². The van der Waals surface area contributed by atoms with Gasteiger partial charge in [0.05, 0.1) is 6.61 Å². The lowest BCUT2D eigenvalue weighted by atomic mass is 10.2. The Morgan fingerprint density at radius 3 is 2.67 bits per heavy atom. The van der Waals surface area contributed by atoms with Crippen LogP contribution in [0.25, 0.3) is 10.9 Å². The lowest BCUT2D eigenvalue weighted by molar-refractivity contribution is 0.269. The van der Waals surface area contributed by atoms with Crippen molar-refractivity contribution in [1.82, 2.24) is 4.57 Å². The first-order valence-electron chi connectivity index (χ1n) is 5.03. The van der Waals surface area contributed by atoms with Gasteiger partial charge in [0.15, 0.2) is 0 Å². The summed E-state index contributed by atoms with van der Waals surface area (Å²) in [5, 5.41) is 10.5. The minimum absolute atomic E-state index is 0.0878. The van der Waals surface area contributed by atoms with Gasteiger partial charge in [-0.15, -0.1) is 0 Å². The molecular formula is C12H14BrNO. The monoisotopic (exact) mass is 267 g/mol. The van der Waals surface area contributed by atoms with Crippen molar-refractivity contribution in [2.24, 2.45) is 0 Å². The Labute approximate surface area is 97.7 Å². The number of halogens is 1. The van der Waals surface area contributed by atoms with Crippen LogP contribution < -0.4 is 0 Å². The van der Waals surface area contributed by atoms with Crippen LogP contribution in [0.4, 0.5) is 0 Å².